The third-order valence-electron chi connectivity index (χ3n) is 4.41. The van der Waals surface area contributed by atoms with Gasteiger partial charge in [0.1, 0.15) is 15.7 Å². The smallest absolute Gasteiger partial charge is 0.311 e. The van der Waals surface area contributed by atoms with Crippen LogP contribution in [0.2, 0.25) is 0 Å². The van der Waals surface area contributed by atoms with Gasteiger partial charge in [0.2, 0.25) is 5.91 Å². The van der Waals surface area contributed by atoms with Crippen molar-refractivity contribution in [3.05, 3.63) is 27.3 Å². The van der Waals surface area contributed by atoms with Gasteiger partial charge in [0.15, 0.2) is 5.13 Å². The molecule has 0 saturated carbocycles. The quantitative estimate of drug-likeness (QED) is 0.334. The standard InChI is InChI=1S/C19H20N4O3S3/c1-3-26-15(25)7-11-8-28-19(22-11)23-14(24)9-27-17-16-12-5-4-6-13(12)29-18(16)21-10(2)20-17/h8H,3-7,9H2,1-2H3,(H,22,23,24). The lowest BCUT2D eigenvalue weighted by molar-refractivity contribution is -0.142. The molecule has 1 amide bonds. The lowest BCUT2D eigenvalue weighted by atomic mass is 10.2. The van der Waals surface area contributed by atoms with E-state index in [-0.39, 0.29) is 24.1 Å². The van der Waals surface area contributed by atoms with E-state index in [9.17, 15) is 9.59 Å². The first kappa shape index (κ1) is 20.2. The second-order valence-electron chi connectivity index (χ2n) is 6.58. The first-order valence-corrected chi connectivity index (χ1v) is 12.0. The number of rotatable bonds is 7. The van der Waals surface area contributed by atoms with Crippen molar-refractivity contribution in [2.24, 2.45) is 0 Å². The second kappa shape index (κ2) is 8.76. The summed E-state index contributed by atoms with van der Waals surface area (Å²) in [6.45, 7) is 3.99. The van der Waals surface area contributed by atoms with Crippen LogP contribution in [0.4, 0.5) is 5.13 Å². The van der Waals surface area contributed by atoms with Gasteiger partial charge in [-0.15, -0.1) is 22.7 Å². The van der Waals surface area contributed by atoms with Crippen LogP contribution in [0.1, 0.15) is 35.3 Å². The van der Waals surface area contributed by atoms with Crippen molar-refractivity contribution in [3.8, 4) is 0 Å². The fourth-order valence-corrected chi connectivity index (χ4v) is 6.26. The molecule has 0 aliphatic heterocycles. The van der Waals surface area contributed by atoms with Gasteiger partial charge < -0.3 is 10.1 Å². The number of hydrogen-bond donors (Lipinski definition) is 1. The molecule has 29 heavy (non-hydrogen) atoms. The van der Waals surface area contributed by atoms with E-state index in [4.69, 9.17) is 4.74 Å². The van der Waals surface area contributed by atoms with Crippen LogP contribution in [0, 0.1) is 6.92 Å². The molecule has 0 fully saturated rings. The van der Waals surface area contributed by atoms with Crippen molar-refractivity contribution in [2.75, 3.05) is 17.7 Å². The van der Waals surface area contributed by atoms with Crippen LogP contribution in [0.5, 0.6) is 0 Å². The maximum absolute atomic E-state index is 12.4. The summed E-state index contributed by atoms with van der Waals surface area (Å²) in [6.07, 6.45) is 3.45. The number of carbonyl (C=O) groups is 2. The number of thioether (sulfide) groups is 1. The Hall–Kier alpha value is -2.04. The average molecular weight is 449 g/mol. The largest absolute Gasteiger partial charge is 0.466 e. The van der Waals surface area contributed by atoms with E-state index in [1.54, 1.807) is 23.6 Å². The lowest BCUT2D eigenvalue weighted by Gasteiger charge is -2.05. The number of ether oxygens (including phenoxy) is 1. The van der Waals surface area contributed by atoms with Crippen LogP contribution in [0.25, 0.3) is 10.2 Å². The Morgan fingerprint density at radius 1 is 1.28 bits per heavy atom. The van der Waals surface area contributed by atoms with Crippen LogP contribution in [-0.4, -0.2) is 39.2 Å². The van der Waals surface area contributed by atoms with Crippen molar-refractivity contribution in [2.45, 2.75) is 44.6 Å². The van der Waals surface area contributed by atoms with Gasteiger partial charge in [-0.25, -0.2) is 15.0 Å². The number of thiazole rings is 1. The Morgan fingerprint density at radius 2 is 2.14 bits per heavy atom. The Bertz CT molecular complexity index is 1080. The van der Waals surface area contributed by atoms with E-state index in [1.807, 2.05) is 6.92 Å². The molecule has 3 aromatic heterocycles. The zero-order valence-electron chi connectivity index (χ0n) is 16.1. The normalized spacial score (nSPS) is 12.9. The molecule has 1 aliphatic carbocycles. The van der Waals surface area contributed by atoms with E-state index < -0.39 is 0 Å². The molecule has 3 aromatic rings. The van der Waals surface area contributed by atoms with Crippen LogP contribution in [-0.2, 0) is 33.6 Å². The van der Waals surface area contributed by atoms with E-state index in [2.05, 4.69) is 20.3 Å². The molecule has 0 radical (unpaired) electrons. The van der Waals surface area contributed by atoms with Gasteiger partial charge in [0, 0.05) is 15.6 Å². The number of aromatic nitrogens is 3. The summed E-state index contributed by atoms with van der Waals surface area (Å²) in [5.41, 5.74) is 1.95. The van der Waals surface area contributed by atoms with Gasteiger partial charge in [0.25, 0.3) is 0 Å². The minimum absolute atomic E-state index is 0.108. The molecule has 1 aliphatic rings. The van der Waals surface area contributed by atoms with Crippen LogP contribution >= 0.6 is 34.4 Å². The Kier molecular flexibility index (Phi) is 6.12. The van der Waals surface area contributed by atoms with Crippen LogP contribution in [0.3, 0.4) is 0 Å². The van der Waals surface area contributed by atoms with Gasteiger partial charge in [-0.2, -0.15) is 0 Å². The predicted octanol–water partition coefficient (Wildman–Crippen LogP) is 3.78. The molecule has 0 aromatic carbocycles. The van der Waals surface area contributed by atoms with Gasteiger partial charge in [-0.1, -0.05) is 11.8 Å². The lowest BCUT2D eigenvalue weighted by Crippen LogP contribution is -2.14. The van der Waals surface area contributed by atoms with E-state index in [0.717, 1.165) is 33.9 Å². The molecular formula is C19H20N4O3S3. The predicted molar refractivity (Wildman–Crippen MR) is 116 cm³/mol. The van der Waals surface area contributed by atoms with Gasteiger partial charge in [0.05, 0.1) is 24.5 Å². The van der Waals surface area contributed by atoms with E-state index in [0.29, 0.717) is 17.4 Å². The topological polar surface area (TPSA) is 94.1 Å². The molecule has 3 heterocycles. The maximum atomic E-state index is 12.4. The third kappa shape index (κ3) is 4.59. The van der Waals surface area contributed by atoms with Crippen molar-refractivity contribution in [3.63, 3.8) is 0 Å². The molecule has 152 valence electrons. The molecule has 0 unspecified atom stereocenters. The first-order valence-electron chi connectivity index (χ1n) is 9.35. The highest BCUT2D eigenvalue weighted by molar-refractivity contribution is 8.00. The summed E-state index contributed by atoms with van der Waals surface area (Å²) in [6, 6.07) is 0. The molecular weight excluding hydrogens is 428 g/mol. The number of aryl methyl sites for hydroxylation is 3. The van der Waals surface area contributed by atoms with Gasteiger partial charge >= 0.3 is 5.97 Å². The Labute approximate surface area is 180 Å². The van der Waals surface area contributed by atoms with Crippen molar-refractivity contribution in [1.29, 1.82) is 0 Å². The summed E-state index contributed by atoms with van der Waals surface area (Å²) >= 11 is 4.48. The highest BCUT2D eigenvalue weighted by Crippen LogP contribution is 2.40. The molecule has 7 nitrogen and oxygen atoms in total. The number of anilines is 1. The number of esters is 1. The summed E-state index contributed by atoms with van der Waals surface area (Å²) in [5, 5.41) is 7.04. The third-order valence-corrected chi connectivity index (χ3v) is 7.38. The molecule has 1 N–H and O–H groups in total. The minimum atomic E-state index is -0.322. The summed E-state index contributed by atoms with van der Waals surface area (Å²) in [4.78, 5) is 39.8. The molecule has 0 saturated heterocycles. The van der Waals surface area contributed by atoms with Crippen molar-refractivity contribution < 1.29 is 14.3 Å². The van der Waals surface area contributed by atoms with E-state index >= 15 is 0 Å². The SMILES string of the molecule is CCOC(=O)Cc1csc(NC(=O)CSc2nc(C)nc3sc4c(c23)CCC4)n1. The fourth-order valence-electron chi connectivity index (χ4n) is 3.26. The van der Waals surface area contributed by atoms with Gasteiger partial charge in [-0.05, 0) is 38.7 Å². The fraction of sp³-hybridized carbons (Fsp3) is 0.421. The monoisotopic (exact) mass is 448 g/mol. The zero-order valence-corrected chi connectivity index (χ0v) is 18.6. The van der Waals surface area contributed by atoms with E-state index in [1.165, 1.54) is 40.0 Å². The summed E-state index contributed by atoms with van der Waals surface area (Å²) in [5.74, 6) is 0.494. The minimum Gasteiger partial charge on any atom is -0.466 e. The highest BCUT2D eigenvalue weighted by atomic mass is 32.2. The number of thiophene rings is 1. The highest BCUT2D eigenvalue weighted by Gasteiger charge is 2.22. The van der Waals surface area contributed by atoms with Crippen LogP contribution < -0.4 is 5.32 Å². The Morgan fingerprint density at radius 3 is 2.97 bits per heavy atom. The second-order valence-corrected chi connectivity index (χ2v) is 9.48. The molecule has 0 bridgehead atoms. The number of nitrogens with one attached hydrogen (secondary N) is 1. The summed E-state index contributed by atoms with van der Waals surface area (Å²) in [7, 11) is 0. The first-order chi connectivity index (χ1) is 14.0. The number of carbonyl (C=O) groups excluding carboxylic acids is 2. The molecule has 10 heteroatoms. The Balaban J connectivity index is 1.40. The zero-order chi connectivity index (χ0) is 20.4. The van der Waals surface area contributed by atoms with Crippen molar-refractivity contribution >= 4 is 61.7 Å². The average Bonchev–Trinajstić information content (AvgIpc) is 3.36. The number of fused-ring (bicyclic) bond motifs is 3. The van der Waals surface area contributed by atoms with Crippen LogP contribution in [0.15, 0.2) is 10.4 Å². The summed E-state index contributed by atoms with van der Waals surface area (Å²) < 4.78 is 4.92. The number of amides is 1. The van der Waals surface area contributed by atoms with Crippen molar-refractivity contribution in [1.82, 2.24) is 15.0 Å². The maximum Gasteiger partial charge on any atom is 0.311 e. The molecule has 0 spiro atoms. The molecule has 4 rings (SSSR count). The molecule has 0 atom stereocenters. The number of hydrogen-bond acceptors (Lipinski definition) is 9. The van der Waals surface area contributed by atoms with Gasteiger partial charge in [-0.3, -0.25) is 9.59 Å². The number of nitrogens with zero attached hydrogens (tertiary/aromatic N) is 3.